The van der Waals surface area contributed by atoms with Gasteiger partial charge < -0.3 is 0 Å². The highest BCUT2D eigenvalue weighted by Gasteiger charge is 1.79. The van der Waals surface area contributed by atoms with Crippen molar-refractivity contribution in [1.82, 2.24) is 0 Å². The van der Waals surface area contributed by atoms with Crippen LogP contribution >= 0.6 is 0 Å². The molecule has 0 heterocycles. The average molecular weight is 122 g/mol. The third kappa shape index (κ3) is 7.30. The standard InChI is InChI=1S/C9H14/c1-3-5-7-9-8-6-4-2/h1,5,7H,4,6,8-9H2,2H3/b7-5+. The molecule has 0 aromatic rings. The van der Waals surface area contributed by atoms with Gasteiger partial charge in [-0.2, -0.15) is 0 Å². The molecule has 0 aliphatic rings. The third-order valence-electron chi connectivity index (χ3n) is 1.19. The molecular weight excluding hydrogens is 108 g/mol. The van der Waals surface area contributed by atoms with Crippen LogP contribution in [0.5, 0.6) is 0 Å². The lowest BCUT2D eigenvalue weighted by atomic mass is 10.2. The van der Waals surface area contributed by atoms with Crippen molar-refractivity contribution in [3.05, 3.63) is 12.2 Å². The third-order valence-corrected chi connectivity index (χ3v) is 1.19. The topological polar surface area (TPSA) is 0 Å². The summed E-state index contributed by atoms with van der Waals surface area (Å²) in [4.78, 5) is 0. The van der Waals surface area contributed by atoms with Crippen LogP contribution in [0.15, 0.2) is 12.2 Å². The second-order valence-electron chi connectivity index (χ2n) is 2.06. The maximum atomic E-state index is 5.01. The Morgan fingerprint density at radius 1 is 1.44 bits per heavy atom. The summed E-state index contributed by atoms with van der Waals surface area (Å²) < 4.78 is 0. The lowest BCUT2D eigenvalue weighted by Gasteiger charge is -1.88. The zero-order valence-corrected chi connectivity index (χ0v) is 6.06. The fraction of sp³-hybridized carbons (Fsp3) is 0.556. The van der Waals surface area contributed by atoms with E-state index in [-0.39, 0.29) is 0 Å². The summed E-state index contributed by atoms with van der Waals surface area (Å²) in [7, 11) is 0. The van der Waals surface area contributed by atoms with Crippen LogP contribution in [0.1, 0.15) is 32.6 Å². The number of allylic oxidation sites excluding steroid dienone is 2. The highest BCUT2D eigenvalue weighted by molar-refractivity contribution is 5.08. The van der Waals surface area contributed by atoms with E-state index < -0.39 is 0 Å². The largest absolute Gasteiger partial charge is 0.115 e. The Bertz CT molecular complexity index is 104. The molecule has 0 atom stereocenters. The van der Waals surface area contributed by atoms with Crippen LogP contribution in [0.3, 0.4) is 0 Å². The van der Waals surface area contributed by atoms with Crippen molar-refractivity contribution in [3.8, 4) is 12.3 Å². The van der Waals surface area contributed by atoms with Crippen LogP contribution in [0.2, 0.25) is 0 Å². The Morgan fingerprint density at radius 3 is 2.78 bits per heavy atom. The lowest BCUT2D eigenvalue weighted by Crippen LogP contribution is -1.69. The minimum Gasteiger partial charge on any atom is -0.115 e. The van der Waals surface area contributed by atoms with E-state index in [0.29, 0.717) is 0 Å². The van der Waals surface area contributed by atoms with Gasteiger partial charge >= 0.3 is 0 Å². The molecule has 0 aromatic carbocycles. The molecule has 0 amide bonds. The Morgan fingerprint density at radius 2 is 2.22 bits per heavy atom. The van der Waals surface area contributed by atoms with E-state index in [2.05, 4.69) is 18.9 Å². The summed E-state index contributed by atoms with van der Waals surface area (Å²) in [6.45, 7) is 2.20. The van der Waals surface area contributed by atoms with Gasteiger partial charge in [-0.3, -0.25) is 0 Å². The molecule has 0 fully saturated rings. The van der Waals surface area contributed by atoms with E-state index in [9.17, 15) is 0 Å². The summed E-state index contributed by atoms with van der Waals surface area (Å²) in [6, 6.07) is 0. The first-order chi connectivity index (χ1) is 4.41. The monoisotopic (exact) mass is 122 g/mol. The number of hydrogen-bond acceptors (Lipinski definition) is 0. The second kappa shape index (κ2) is 7.30. The molecule has 0 aromatic heterocycles. The van der Waals surface area contributed by atoms with Crippen molar-refractivity contribution in [2.45, 2.75) is 32.6 Å². The first-order valence-corrected chi connectivity index (χ1v) is 3.53. The van der Waals surface area contributed by atoms with E-state index >= 15 is 0 Å². The molecule has 0 saturated carbocycles. The molecule has 0 N–H and O–H groups in total. The average Bonchev–Trinajstić information content (AvgIpc) is 1.89. The Kier molecular flexibility index (Phi) is 6.73. The molecule has 50 valence electrons. The Balaban J connectivity index is 2.93. The highest BCUT2D eigenvalue weighted by Crippen LogP contribution is 1.98. The SMILES string of the molecule is C#C/C=C/CCCCC. The minimum atomic E-state index is 1.14. The molecule has 0 aliphatic heterocycles. The summed E-state index contributed by atoms with van der Waals surface area (Å²) in [6.07, 6.45) is 13.8. The fourth-order valence-electron chi connectivity index (χ4n) is 0.664. The van der Waals surface area contributed by atoms with Gasteiger partial charge in [-0.15, -0.1) is 6.42 Å². The molecule has 0 radical (unpaired) electrons. The summed E-state index contributed by atoms with van der Waals surface area (Å²) in [5.74, 6) is 2.46. The van der Waals surface area contributed by atoms with Crippen LogP contribution in [-0.4, -0.2) is 0 Å². The number of rotatable bonds is 4. The second-order valence-corrected chi connectivity index (χ2v) is 2.06. The van der Waals surface area contributed by atoms with Gasteiger partial charge in [0.15, 0.2) is 0 Å². The molecule has 0 unspecified atom stereocenters. The normalized spacial score (nSPS) is 9.78. The molecular formula is C9H14. The van der Waals surface area contributed by atoms with Gasteiger partial charge in [-0.25, -0.2) is 0 Å². The summed E-state index contributed by atoms with van der Waals surface area (Å²) in [5, 5.41) is 0. The molecule has 0 bridgehead atoms. The maximum absolute atomic E-state index is 5.01. The van der Waals surface area contributed by atoms with Crippen LogP contribution < -0.4 is 0 Å². The van der Waals surface area contributed by atoms with Crippen molar-refractivity contribution < 1.29 is 0 Å². The van der Waals surface area contributed by atoms with Gasteiger partial charge in [0.1, 0.15) is 0 Å². The summed E-state index contributed by atoms with van der Waals surface area (Å²) >= 11 is 0. The van der Waals surface area contributed by atoms with Crippen LogP contribution in [0.4, 0.5) is 0 Å². The highest BCUT2D eigenvalue weighted by atomic mass is 13.8. The Hall–Kier alpha value is -0.700. The molecule has 0 rings (SSSR count). The van der Waals surface area contributed by atoms with E-state index in [0.717, 1.165) is 6.42 Å². The molecule has 0 saturated heterocycles. The smallest absolute Gasteiger partial charge is 0.0162 e. The zero-order chi connectivity index (χ0) is 6.95. The molecule has 0 aliphatic carbocycles. The van der Waals surface area contributed by atoms with Crippen molar-refractivity contribution >= 4 is 0 Å². The number of terminal acetylenes is 1. The Labute approximate surface area is 58.0 Å². The quantitative estimate of drug-likeness (QED) is 0.397. The van der Waals surface area contributed by atoms with Crippen molar-refractivity contribution in [2.75, 3.05) is 0 Å². The van der Waals surface area contributed by atoms with Gasteiger partial charge in [0.25, 0.3) is 0 Å². The summed E-state index contributed by atoms with van der Waals surface area (Å²) in [5.41, 5.74) is 0. The predicted octanol–water partition coefficient (Wildman–Crippen LogP) is 2.76. The fourth-order valence-corrected chi connectivity index (χ4v) is 0.664. The molecule has 0 spiro atoms. The van der Waals surface area contributed by atoms with E-state index in [4.69, 9.17) is 6.42 Å². The van der Waals surface area contributed by atoms with Gasteiger partial charge in [0.05, 0.1) is 0 Å². The zero-order valence-electron chi connectivity index (χ0n) is 6.06. The van der Waals surface area contributed by atoms with Crippen molar-refractivity contribution in [2.24, 2.45) is 0 Å². The van der Waals surface area contributed by atoms with Gasteiger partial charge in [-0.1, -0.05) is 31.8 Å². The minimum absolute atomic E-state index is 1.14. The van der Waals surface area contributed by atoms with Crippen LogP contribution in [0.25, 0.3) is 0 Å². The van der Waals surface area contributed by atoms with E-state index in [1.165, 1.54) is 19.3 Å². The molecule has 0 heteroatoms. The number of unbranched alkanes of at least 4 members (excludes halogenated alkanes) is 3. The van der Waals surface area contributed by atoms with E-state index in [1.54, 1.807) is 6.08 Å². The van der Waals surface area contributed by atoms with E-state index in [1.807, 2.05) is 0 Å². The first kappa shape index (κ1) is 8.30. The van der Waals surface area contributed by atoms with Crippen molar-refractivity contribution in [1.29, 1.82) is 0 Å². The van der Waals surface area contributed by atoms with Gasteiger partial charge in [0.2, 0.25) is 0 Å². The van der Waals surface area contributed by atoms with Crippen LogP contribution in [-0.2, 0) is 0 Å². The van der Waals surface area contributed by atoms with Crippen LogP contribution in [0, 0.1) is 12.3 Å². The number of hydrogen-bond donors (Lipinski definition) is 0. The van der Waals surface area contributed by atoms with Gasteiger partial charge in [-0.05, 0) is 18.9 Å². The predicted molar refractivity (Wildman–Crippen MR) is 42.1 cm³/mol. The lowest BCUT2D eigenvalue weighted by molar-refractivity contribution is 0.729. The van der Waals surface area contributed by atoms with Gasteiger partial charge in [0, 0.05) is 0 Å². The molecule has 0 nitrogen and oxygen atoms in total. The van der Waals surface area contributed by atoms with Crippen molar-refractivity contribution in [3.63, 3.8) is 0 Å². The molecule has 9 heavy (non-hydrogen) atoms. The maximum Gasteiger partial charge on any atom is -0.0162 e. The first-order valence-electron chi connectivity index (χ1n) is 3.53.